The number of hydrogen-bond acceptors (Lipinski definition) is 3. The average molecular weight is 127 g/mol. The molecule has 0 fully saturated rings. The number of hydrogen-bond donors (Lipinski definition) is 0. The van der Waals surface area contributed by atoms with Crippen molar-refractivity contribution in [2.75, 3.05) is 0 Å². The van der Waals surface area contributed by atoms with Crippen LogP contribution in [-0.4, -0.2) is 11.7 Å². The zero-order valence-corrected chi connectivity index (χ0v) is 5.55. The molecule has 0 bridgehead atoms. The van der Waals surface area contributed by atoms with Crippen LogP contribution in [0.25, 0.3) is 0 Å². The van der Waals surface area contributed by atoms with E-state index in [1.54, 1.807) is 6.92 Å². The van der Waals surface area contributed by atoms with E-state index in [9.17, 15) is 4.79 Å². The van der Waals surface area contributed by atoms with Gasteiger partial charge in [0.15, 0.2) is 0 Å². The summed E-state index contributed by atoms with van der Waals surface area (Å²) >= 11 is 0. The standard InChI is InChI=1S/C6H9NO2/c1-3-5-4(2)6(8)9-7-5/h4H,3H2,1-2H3. The summed E-state index contributed by atoms with van der Waals surface area (Å²) in [7, 11) is 0. The first kappa shape index (κ1) is 6.26. The summed E-state index contributed by atoms with van der Waals surface area (Å²) in [5.74, 6) is -0.346. The number of nitrogens with zero attached hydrogens (tertiary/aromatic N) is 1. The van der Waals surface area contributed by atoms with Gasteiger partial charge in [0, 0.05) is 0 Å². The molecule has 0 saturated heterocycles. The lowest BCUT2D eigenvalue weighted by Crippen LogP contribution is -2.12. The van der Waals surface area contributed by atoms with Crippen LogP contribution < -0.4 is 0 Å². The normalized spacial score (nSPS) is 25.8. The molecule has 1 unspecified atom stereocenters. The van der Waals surface area contributed by atoms with Gasteiger partial charge < -0.3 is 4.84 Å². The monoisotopic (exact) mass is 127 g/mol. The molecule has 1 rings (SSSR count). The fraction of sp³-hybridized carbons (Fsp3) is 0.667. The van der Waals surface area contributed by atoms with Gasteiger partial charge in [0.25, 0.3) is 0 Å². The summed E-state index contributed by atoms with van der Waals surface area (Å²) in [5, 5.41) is 3.58. The van der Waals surface area contributed by atoms with E-state index >= 15 is 0 Å². The van der Waals surface area contributed by atoms with Crippen molar-refractivity contribution in [1.29, 1.82) is 0 Å². The summed E-state index contributed by atoms with van der Waals surface area (Å²) in [6.07, 6.45) is 0.799. The third kappa shape index (κ3) is 0.943. The van der Waals surface area contributed by atoms with Crippen molar-refractivity contribution in [3.63, 3.8) is 0 Å². The van der Waals surface area contributed by atoms with Crippen LogP contribution in [0.5, 0.6) is 0 Å². The van der Waals surface area contributed by atoms with Crippen molar-refractivity contribution in [3.8, 4) is 0 Å². The number of carbonyl (C=O) groups is 1. The fourth-order valence-electron chi connectivity index (χ4n) is 0.769. The van der Waals surface area contributed by atoms with Crippen LogP contribution in [0.3, 0.4) is 0 Å². The SMILES string of the molecule is CCC1=NOC(=O)C1C. The molecule has 0 aromatic carbocycles. The Hall–Kier alpha value is -0.860. The van der Waals surface area contributed by atoms with Crippen LogP contribution in [-0.2, 0) is 9.63 Å². The zero-order valence-electron chi connectivity index (χ0n) is 5.55. The largest absolute Gasteiger partial charge is 0.343 e. The van der Waals surface area contributed by atoms with Gasteiger partial charge >= 0.3 is 5.97 Å². The Morgan fingerprint density at radius 3 is 2.67 bits per heavy atom. The van der Waals surface area contributed by atoms with Crippen molar-refractivity contribution in [2.24, 2.45) is 11.1 Å². The smallest absolute Gasteiger partial charge is 0.318 e. The Morgan fingerprint density at radius 2 is 2.44 bits per heavy atom. The predicted molar refractivity (Wildman–Crippen MR) is 33.0 cm³/mol. The van der Waals surface area contributed by atoms with Gasteiger partial charge in [-0.25, -0.2) is 4.79 Å². The Morgan fingerprint density at radius 1 is 1.78 bits per heavy atom. The van der Waals surface area contributed by atoms with Gasteiger partial charge in [0.2, 0.25) is 0 Å². The molecule has 1 aliphatic heterocycles. The van der Waals surface area contributed by atoms with Gasteiger partial charge in [0.05, 0.1) is 11.6 Å². The Balaban J connectivity index is 2.66. The molecule has 3 nitrogen and oxygen atoms in total. The van der Waals surface area contributed by atoms with Crippen LogP contribution in [0.2, 0.25) is 0 Å². The van der Waals surface area contributed by atoms with Gasteiger partial charge in [-0.2, -0.15) is 0 Å². The van der Waals surface area contributed by atoms with E-state index in [0.29, 0.717) is 0 Å². The maximum atomic E-state index is 10.6. The van der Waals surface area contributed by atoms with Crippen molar-refractivity contribution >= 4 is 11.7 Å². The molecule has 0 aliphatic carbocycles. The van der Waals surface area contributed by atoms with Gasteiger partial charge in [0.1, 0.15) is 0 Å². The van der Waals surface area contributed by atoms with E-state index in [4.69, 9.17) is 0 Å². The molecule has 0 amide bonds. The molecule has 1 aliphatic rings. The highest BCUT2D eigenvalue weighted by atomic mass is 16.7. The topological polar surface area (TPSA) is 38.7 Å². The number of oxime groups is 1. The summed E-state index contributed by atoms with van der Waals surface area (Å²) in [5.41, 5.74) is 0.847. The molecular weight excluding hydrogens is 118 g/mol. The van der Waals surface area contributed by atoms with E-state index in [1.165, 1.54) is 0 Å². The second-order valence-corrected chi connectivity index (χ2v) is 2.07. The third-order valence-corrected chi connectivity index (χ3v) is 1.47. The van der Waals surface area contributed by atoms with Crippen molar-refractivity contribution in [3.05, 3.63) is 0 Å². The molecule has 1 atom stereocenters. The maximum absolute atomic E-state index is 10.6. The maximum Gasteiger partial charge on any atom is 0.343 e. The Bertz CT molecular complexity index is 162. The van der Waals surface area contributed by atoms with Gasteiger partial charge in [-0.1, -0.05) is 12.1 Å². The lowest BCUT2D eigenvalue weighted by molar-refractivity contribution is -0.142. The minimum atomic E-state index is -0.230. The van der Waals surface area contributed by atoms with E-state index < -0.39 is 0 Å². The van der Waals surface area contributed by atoms with E-state index in [2.05, 4.69) is 9.99 Å². The number of rotatable bonds is 1. The average Bonchev–Trinajstić information content (AvgIpc) is 2.15. The Labute approximate surface area is 53.7 Å². The minimum Gasteiger partial charge on any atom is -0.318 e. The summed E-state index contributed by atoms with van der Waals surface area (Å²) < 4.78 is 0. The van der Waals surface area contributed by atoms with Crippen LogP contribution in [0.4, 0.5) is 0 Å². The molecule has 1 heterocycles. The van der Waals surface area contributed by atoms with Crippen molar-refractivity contribution < 1.29 is 9.63 Å². The lowest BCUT2D eigenvalue weighted by atomic mass is 10.1. The third-order valence-electron chi connectivity index (χ3n) is 1.47. The molecule has 9 heavy (non-hydrogen) atoms. The van der Waals surface area contributed by atoms with E-state index in [-0.39, 0.29) is 11.9 Å². The van der Waals surface area contributed by atoms with E-state index in [0.717, 1.165) is 12.1 Å². The fourth-order valence-corrected chi connectivity index (χ4v) is 0.769. The highest BCUT2D eigenvalue weighted by Gasteiger charge is 2.26. The molecule has 0 N–H and O–H groups in total. The molecule has 0 aromatic rings. The molecule has 0 saturated carbocycles. The highest BCUT2D eigenvalue weighted by molar-refractivity contribution is 6.04. The van der Waals surface area contributed by atoms with Crippen molar-refractivity contribution in [2.45, 2.75) is 20.3 Å². The van der Waals surface area contributed by atoms with E-state index in [1.807, 2.05) is 6.92 Å². The van der Waals surface area contributed by atoms with Gasteiger partial charge in [-0.3, -0.25) is 0 Å². The van der Waals surface area contributed by atoms with Crippen LogP contribution >= 0.6 is 0 Å². The number of carbonyl (C=O) groups excluding carboxylic acids is 1. The predicted octanol–water partition coefficient (Wildman–Crippen LogP) is 0.945. The summed E-state index contributed by atoms with van der Waals surface area (Å²) in [6, 6.07) is 0. The van der Waals surface area contributed by atoms with Crippen LogP contribution in [0.15, 0.2) is 5.16 Å². The molecule has 3 heteroatoms. The molecule has 0 spiro atoms. The molecule has 0 radical (unpaired) electrons. The first-order chi connectivity index (χ1) is 4.25. The molecule has 0 aromatic heterocycles. The van der Waals surface area contributed by atoms with Crippen molar-refractivity contribution in [1.82, 2.24) is 0 Å². The first-order valence-corrected chi connectivity index (χ1v) is 3.03. The van der Waals surface area contributed by atoms with Gasteiger partial charge in [-0.05, 0) is 13.3 Å². The highest BCUT2D eigenvalue weighted by Crippen LogP contribution is 2.12. The summed E-state index contributed by atoms with van der Waals surface area (Å²) in [4.78, 5) is 15.0. The lowest BCUT2D eigenvalue weighted by Gasteiger charge is -1.94. The van der Waals surface area contributed by atoms with Gasteiger partial charge in [-0.15, -0.1) is 0 Å². The second kappa shape index (κ2) is 2.17. The Kier molecular flexibility index (Phi) is 1.51. The first-order valence-electron chi connectivity index (χ1n) is 3.03. The van der Waals surface area contributed by atoms with Crippen LogP contribution in [0, 0.1) is 5.92 Å². The van der Waals surface area contributed by atoms with Crippen LogP contribution in [0.1, 0.15) is 20.3 Å². The zero-order chi connectivity index (χ0) is 6.85. The quantitative estimate of drug-likeness (QED) is 0.492. The minimum absolute atomic E-state index is 0.116. The molecule has 50 valence electrons. The molecular formula is C6H9NO2. The summed E-state index contributed by atoms with van der Waals surface area (Å²) in [6.45, 7) is 3.76. The second-order valence-electron chi connectivity index (χ2n) is 2.07.